The Morgan fingerprint density at radius 1 is 1.14 bits per heavy atom. The highest BCUT2D eigenvalue weighted by atomic mass is 19.1. The first-order chi connectivity index (χ1) is 14.1. The zero-order valence-electron chi connectivity index (χ0n) is 18.4. The molecule has 2 fully saturated rings. The summed E-state index contributed by atoms with van der Waals surface area (Å²) in [6.07, 6.45) is 7.87. The number of piperidine rings is 1. The van der Waals surface area contributed by atoms with Crippen molar-refractivity contribution in [3.8, 4) is 0 Å². The van der Waals surface area contributed by atoms with Crippen LogP contribution in [0, 0.1) is 5.82 Å². The molecule has 6 heteroatoms. The third-order valence-electron chi connectivity index (χ3n) is 6.51. The van der Waals surface area contributed by atoms with Crippen LogP contribution in [0.2, 0.25) is 0 Å². The average molecular weight is 404 g/mol. The van der Waals surface area contributed by atoms with Gasteiger partial charge in [-0.15, -0.1) is 0 Å². The summed E-state index contributed by atoms with van der Waals surface area (Å²) in [6.45, 7) is 8.63. The molecule has 2 N–H and O–H groups in total. The zero-order valence-corrected chi connectivity index (χ0v) is 18.4. The maximum atomic E-state index is 14.5. The monoisotopic (exact) mass is 403 g/mol. The number of hydrogen-bond donors (Lipinski definition) is 2. The molecule has 0 unspecified atom stereocenters. The molecule has 3 rings (SSSR count). The van der Waals surface area contributed by atoms with E-state index in [1.54, 1.807) is 13.1 Å². The molecule has 1 aliphatic heterocycles. The number of hydrogen-bond acceptors (Lipinski definition) is 3. The number of guanidine groups is 1. The lowest BCUT2D eigenvalue weighted by molar-refractivity contribution is 0.150. The minimum absolute atomic E-state index is 0.157. The molecule has 1 saturated heterocycles. The van der Waals surface area contributed by atoms with Gasteiger partial charge in [0.25, 0.3) is 0 Å². The second kappa shape index (κ2) is 10.8. The predicted molar refractivity (Wildman–Crippen MR) is 120 cm³/mol. The van der Waals surface area contributed by atoms with E-state index in [0.717, 1.165) is 43.5 Å². The summed E-state index contributed by atoms with van der Waals surface area (Å²) in [6, 6.07) is 6.79. The van der Waals surface area contributed by atoms with Gasteiger partial charge in [-0.2, -0.15) is 0 Å². The minimum atomic E-state index is -0.157. The van der Waals surface area contributed by atoms with E-state index in [0.29, 0.717) is 18.3 Å². The fourth-order valence-corrected chi connectivity index (χ4v) is 4.73. The molecular weight excluding hydrogens is 365 g/mol. The van der Waals surface area contributed by atoms with E-state index in [9.17, 15) is 4.39 Å². The lowest BCUT2D eigenvalue weighted by Gasteiger charge is -2.36. The summed E-state index contributed by atoms with van der Waals surface area (Å²) in [5.41, 5.74) is 1.60. The van der Waals surface area contributed by atoms with Gasteiger partial charge in [-0.25, -0.2) is 4.39 Å². The molecule has 1 aromatic carbocycles. The van der Waals surface area contributed by atoms with Crippen LogP contribution in [0.5, 0.6) is 0 Å². The lowest BCUT2D eigenvalue weighted by Crippen LogP contribution is -2.50. The van der Waals surface area contributed by atoms with Gasteiger partial charge in [0.05, 0.1) is 5.69 Å². The van der Waals surface area contributed by atoms with Crippen LogP contribution in [0.3, 0.4) is 0 Å². The number of nitrogens with one attached hydrogen (secondary N) is 2. The molecule has 0 spiro atoms. The number of aliphatic imine (C=N–C) groups is 1. The van der Waals surface area contributed by atoms with E-state index in [1.165, 1.54) is 38.8 Å². The van der Waals surface area contributed by atoms with E-state index in [2.05, 4.69) is 20.5 Å². The number of nitrogens with zero attached hydrogens (tertiary/aromatic N) is 3. The molecule has 0 atom stereocenters. The van der Waals surface area contributed by atoms with Gasteiger partial charge >= 0.3 is 0 Å². The van der Waals surface area contributed by atoms with Crippen LogP contribution in [-0.2, 0) is 6.54 Å². The van der Waals surface area contributed by atoms with Crippen molar-refractivity contribution in [3.63, 3.8) is 0 Å². The Morgan fingerprint density at radius 2 is 1.83 bits per heavy atom. The number of benzene rings is 1. The van der Waals surface area contributed by atoms with Crippen molar-refractivity contribution in [3.05, 3.63) is 29.6 Å². The van der Waals surface area contributed by atoms with Crippen LogP contribution in [0.1, 0.15) is 57.9 Å². The lowest BCUT2D eigenvalue weighted by atomic mass is 10.0. The van der Waals surface area contributed by atoms with Crippen molar-refractivity contribution in [1.82, 2.24) is 15.5 Å². The SMILES string of the molecule is CCN(CC)c1ccc(CNC(=NC)NC2CCN(C3CCCC3)CC2)cc1F. The summed E-state index contributed by atoms with van der Waals surface area (Å²) < 4.78 is 14.5. The van der Waals surface area contributed by atoms with Gasteiger partial charge in [0, 0.05) is 51.9 Å². The summed E-state index contributed by atoms with van der Waals surface area (Å²) in [4.78, 5) is 9.08. The van der Waals surface area contributed by atoms with Gasteiger partial charge in [0.2, 0.25) is 0 Å². The van der Waals surface area contributed by atoms with E-state index in [4.69, 9.17) is 0 Å². The van der Waals surface area contributed by atoms with Gasteiger partial charge < -0.3 is 20.4 Å². The van der Waals surface area contributed by atoms with Crippen LogP contribution in [0.15, 0.2) is 23.2 Å². The Balaban J connectivity index is 1.46. The van der Waals surface area contributed by atoms with Crippen molar-refractivity contribution < 1.29 is 4.39 Å². The summed E-state index contributed by atoms with van der Waals surface area (Å²) in [7, 11) is 1.80. The molecule has 1 saturated carbocycles. The maximum absolute atomic E-state index is 14.5. The van der Waals surface area contributed by atoms with E-state index < -0.39 is 0 Å². The number of likely N-dealkylation sites (tertiary alicyclic amines) is 1. The summed E-state index contributed by atoms with van der Waals surface area (Å²) in [5, 5.41) is 6.91. The molecule has 2 aliphatic rings. The van der Waals surface area contributed by atoms with Crippen LogP contribution < -0.4 is 15.5 Å². The fourth-order valence-electron chi connectivity index (χ4n) is 4.73. The summed E-state index contributed by atoms with van der Waals surface area (Å²) >= 11 is 0. The zero-order chi connectivity index (χ0) is 20.6. The van der Waals surface area contributed by atoms with Gasteiger partial charge in [0.1, 0.15) is 5.82 Å². The third-order valence-corrected chi connectivity index (χ3v) is 6.51. The molecule has 29 heavy (non-hydrogen) atoms. The van der Waals surface area contributed by atoms with Crippen LogP contribution >= 0.6 is 0 Å². The van der Waals surface area contributed by atoms with Crippen LogP contribution in [0.25, 0.3) is 0 Å². The minimum Gasteiger partial charge on any atom is -0.370 e. The summed E-state index contributed by atoms with van der Waals surface area (Å²) in [5.74, 6) is 0.646. The highest BCUT2D eigenvalue weighted by Crippen LogP contribution is 2.26. The number of halogens is 1. The molecule has 0 bridgehead atoms. The molecule has 0 amide bonds. The molecule has 0 aromatic heterocycles. The topological polar surface area (TPSA) is 42.9 Å². The second-order valence-corrected chi connectivity index (χ2v) is 8.28. The van der Waals surface area contributed by atoms with Gasteiger partial charge in [-0.1, -0.05) is 18.9 Å². The Labute approximate surface area is 175 Å². The maximum Gasteiger partial charge on any atom is 0.191 e. The number of anilines is 1. The molecule has 5 nitrogen and oxygen atoms in total. The molecule has 1 aliphatic carbocycles. The highest BCUT2D eigenvalue weighted by molar-refractivity contribution is 5.80. The first-order valence-corrected chi connectivity index (χ1v) is 11.4. The molecule has 1 heterocycles. The van der Waals surface area contributed by atoms with Crippen molar-refractivity contribution in [1.29, 1.82) is 0 Å². The van der Waals surface area contributed by atoms with Crippen LogP contribution in [-0.4, -0.2) is 56.2 Å². The molecule has 1 aromatic rings. The van der Waals surface area contributed by atoms with Crippen molar-refractivity contribution in [2.45, 2.75) is 71.0 Å². The van der Waals surface area contributed by atoms with Crippen LogP contribution in [0.4, 0.5) is 10.1 Å². The Kier molecular flexibility index (Phi) is 8.16. The Morgan fingerprint density at radius 3 is 2.41 bits per heavy atom. The predicted octanol–water partition coefficient (Wildman–Crippen LogP) is 3.74. The van der Waals surface area contributed by atoms with E-state index in [1.807, 2.05) is 30.9 Å². The Hall–Kier alpha value is -1.82. The standard InChI is InChI=1S/C23H38FN5/c1-4-28(5-2)22-11-10-18(16-21(22)24)17-26-23(25-3)27-19-12-14-29(15-13-19)20-8-6-7-9-20/h10-11,16,19-20H,4-9,12-15,17H2,1-3H3,(H2,25,26,27). The normalized spacial score (nSPS) is 19.5. The third kappa shape index (κ3) is 5.84. The average Bonchev–Trinajstić information content (AvgIpc) is 3.28. The van der Waals surface area contributed by atoms with Gasteiger partial charge in [-0.05, 0) is 57.2 Å². The molecular formula is C23H38FN5. The van der Waals surface area contributed by atoms with Crippen molar-refractivity contribution in [2.75, 3.05) is 38.1 Å². The quantitative estimate of drug-likeness (QED) is 0.538. The van der Waals surface area contributed by atoms with Crippen molar-refractivity contribution in [2.24, 2.45) is 4.99 Å². The fraction of sp³-hybridized carbons (Fsp3) is 0.696. The van der Waals surface area contributed by atoms with E-state index >= 15 is 0 Å². The van der Waals surface area contributed by atoms with Crippen molar-refractivity contribution >= 4 is 11.6 Å². The van der Waals surface area contributed by atoms with Gasteiger partial charge in [-0.3, -0.25) is 4.99 Å². The van der Waals surface area contributed by atoms with Gasteiger partial charge in [0.15, 0.2) is 5.96 Å². The highest BCUT2D eigenvalue weighted by Gasteiger charge is 2.27. The van der Waals surface area contributed by atoms with E-state index in [-0.39, 0.29) is 5.82 Å². The first-order valence-electron chi connectivity index (χ1n) is 11.4. The number of rotatable bonds is 7. The Bertz CT molecular complexity index is 659. The smallest absolute Gasteiger partial charge is 0.191 e. The molecule has 162 valence electrons. The molecule has 0 radical (unpaired) electrons. The largest absolute Gasteiger partial charge is 0.370 e. The second-order valence-electron chi connectivity index (χ2n) is 8.28. The first kappa shape index (κ1) is 21.9.